The number of carbonyl (C=O) groups is 7. The van der Waals surface area contributed by atoms with Gasteiger partial charge in [-0.15, -0.1) is 0 Å². The summed E-state index contributed by atoms with van der Waals surface area (Å²) in [6.07, 6.45) is 2.02. The minimum atomic E-state index is -1.22. The predicted molar refractivity (Wildman–Crippen MR) is 127 cm³/mol. The quantitative estimate of drug-likeness (QED) is 0.156. The van der Waals surface area contributed by atoms with Gasteiger partial charge in [-0.3, -0.25) is 33.6 Å². The Labute approximate surface area is 213 Å². The number of carboxylic acid groups (broad SMARTS) is 1. The van der Waals surface area contributed by atoms with Crippen LogP contribution in [0.25, 0.3) is 0 Å². The minimum absolute atomic E-state index is 0.214. The summed E-state index contributed by atoms with van der Waals surface area (Å²) in [5, 5.41) is 18.3. The third-order valence-electron chi connectivity index (χ3n) is 6.26. The molecular formula is C22H35N7O8. The highest BCUT2D eigenvalue weighted by atomic mass is 16.4. The molecule has 206 valence electrons. The first-order valence-electron chi connectivity index (χ1n) is 12.1. The fourth-order valence-corrected chi connectivity index (χ4v) is 4.28. The van der Waals surface area contributed by atoms with Gasteiger partial charge in [-0.1, -0.05) is 0 Å². The van der Waals surface area contributed by atoms with E-state index in [2.05, 4.69) is 21.3 Å². The molecule has 0 aromatic heterocycles. The van der Waals surface area contributed by atoms with Crippen LogP contribution >= 0.6 is 0 Å². The van der Waals surface area contributed by atoms with E-state index in [1.54, 1.807) is 0 Å². The van der Waals surface area contributed by atoms with E-state index in [4.69, 9.17) is 10.8 Å². The molecule has 15 heteroatoms. The fraction of sp³-hybridized carbons (Fsp3) is 0.682. The van der Waals surface area contributed by atoms with Crippen LogP contribution in [0, 0.1) is 0 Å². The zero-order valence-corrected chi connectivity index (χ0v) is 21.0. The van der Waals surface area contributed by atoms with Crippen LogP contribution in [0.4, 0.5) is 0 Å². The third-order valence-corrected chi connectivity index (χ3v) is 6.26. The highest BCUT2D eigenvalue weighted by Gasteiger charge is 2.36. The summed E-state index contributed by atoms with van der Waals surface area (Å²) in [7, 11) is 0. The van der Waals surface area contributed by atoms with Crippen LogP contribution in [-0.4, -0.2) is 113 Å². The van der Waals surface area contributed by atoms with E-state index in [0.717, 1.165) is 0 Å². The van der Waals surface area contributed by atoms with Gasteiger partial charge in [0, 0.05) is 13.1 Å². The van der Waals surface area contributed by atoms with Crippen molar-refractivity contribution in [3.05, 3.63) is 0 Å². The van der Waals surface area contributed by atoms with E-state index in [1.165, 1.54) is 23.6 Å². The SMILES string of the molecule is C[C@H](NC(=O)[C@@H]1CCCN1C(=O)CN)C(=O)NCC(=O)N1CCC[C@H]1C(=O)N[C@@H](C)C(=O)NCC(=O)O. The molecule has 0 unspecified atom stereocenters. The van der Waals surface area contributed by atoms with Crippen molar-refractivity contribution in [2.75, 3.05) is 32.7 Å². The van der Waals surface area contributed by atoms with E-state index >= 15 is 0 Å². The molecule has 2 saturated heterocycles. The normalized spacial score (nSPS) is 20.5. The molecule has 0 aromatic carbocycles. The Hall–Kier alpha value is -3.75. The van der Waals surface area contributed by atoms with Crippen LogP contribution in [0.15, 0.2) is 0 Å². The predicted octanol–water partition coefficient (Wildman–Crippen LogP) is -3.75. The van der Waals surface area contributed by atoms with E-state index in [-0.39, 0.29) is 19.0 Å². The first-order chi connectivity index (χ1) is 17.5. The van der Waals surface area contributed by atoms with Gasteiger partial charge in [0.2, 0.25) is 35.4 Å². The lowest BCUT2D eigenvalue weighted by molar-refractivity contribution is -0.140. The molecule has 2 heterocycles. The van der Waals surface area contributed by atoms with E-state index in [0.29, 0.717) is 32.2 Å². The molecule has 0 saturated carbocycles. The average molecular weight is 526 g/mol. The zero-order valence-electron chi connectivity index (χ0n) is 21.0. The number of nitrogens with two attached hydrogens (primary N) is 1. The Morgan fingerprint density at radius 3 is 1.65 bits per heavy atom. The third kappa shape index (κ3) is 8.13. The molecule has 7 N–H and O–H groups in total. The van der Waals surface area contributed by atoms with Gasteiger partial charge in [0.05, 0.1) is 13.1 Å². The number of rotatable bonds is 11. The molecule has 4 atom stereocenters. The molecule has 37 heavy (non-hydrogen) atoms. The van der Waals surface area contributed by atoms with Crippen molar-refractivity contribution in [2.45, 2.75) is 63.7 Å². The second kappa shape index (κ2) is 13.5. The first-order valence-corrected chi connectivity index (χ1v) is 12.1. The van der Waals surface area contributed by atoms with Crippen LogP contribution in [0.3, 0.4) is 0 Å². The van der Waals surface area contributed by atoms with Gasteiger partial charge in [-0.2, -0.15) is 0 Å². The molecule has 0 aromatic rings. The van der Waals surface area contributed by atoms with Crippen molar-refractivity contribution in [1.29, 1.82) is 0 Å². The second-order valence-corrected chi connectivity index (χ2v) is 8.98. The molecule has 2 rings (SSSR count). The van der Waals surface area contributed by atoms with Crippen molar-refractivity contribution in [3.63, 3.8) is 0 Å². The van der Waals surface area contributed by atoms with Gasteiger partial charge in [0.15, 0.2) is 0 Å². The molecule has 6 amide bonds. The summed E-state index contributed by atoms with van der Waals surface area (Å²) < 4.78 is 0. The standard InChI is InChI=1S/C22H35N7O8/c1-12(26-21(36)14-5-3-7-28(14)16(30)9-23)19(34)24-10-17(31)29-8-4-6-15(29)22(37)27-13(2)20(35)25-11-18(32)33/h12-15H,3-11,23H2,1-2H3,(H,24,34)(H,25,35)(H,26,36)(H,27,37)(H,32,33)/t12-,13-,14-,15-/m0/s1. The Morgan fingerprint density at radius 2 is 1.22 bits per heavy atom. The monoisotopic (exact) mass is 525 g/mol. The average Bonchev–Trinajstić information content (AvgIpc) is 3.55. The van der Waals surface area contributed by atoms with Gasteiger partial charge < -0.3 is 41.9 Å². The van der Waals surface area contributed by atoms with Crippen molar-refractivity contribution < 1.29 is 38.7 Å². The number of carboxylic acids is 1. The lowest BCUT2D eigenvalue weighted by Crippen LogP contribution is -2.55. The molecule has 0 aliphatic carbocycles. The van der Waals surface area contributed by atoms with Crippen LogP contribution < -0.4 is 27.0 Å². The van der Waals surface area contributed by atoms with Crippen LogP contribution in [-0.2, 0) is 33.6 Å². The molecule has 0 bridgehead atoms. The summed E-state index contributed by atoms with van der Waals surface area (Å²) in [5.74, 6) is -4.42. The molecule has 15 nitrogen and oxygen atoms in total. The maximum absolute atomic E-state index is 12.7. The second-order valence-electron chi connectivity index (χ2n) is 8.98. The van der Waals surface area contributed by atoms with Crippen molar-refractivity contribution >= 4 is 41.4 Å². The topological polar surface area (TPSA) is 220 Å². The molecule has 2 aliphatic rings. The highest BCUT2D eigenvalue weighted by molar-refractivity contribution is 5.95. The molecular weight excluding hydrogens is 490 g/mol. The summed E-state index contributed by atoms with van der Waals surface area (Å²) in [6.45, 7) is 2.34. The number of hydrogen-bond donors (Lipinski definition) is 6. The molecule has 0 radical (unpaired) electrons. The molecule has 0 spiro atoms. The van der Waals surface area contributed by atoms with Gasteiger partial charge in [0.1, 0.15) is 30.7 Å². The van der Waals surface area contributed by atoms with Crippen molar-refractivity contribution in [3.8, 4) is 0 Å². The van der Waals surface area contributed by atoms with E-state index in [1.807, 2.05) is 0 Å². The molecule has 2 aliphatic heterocycles. The number of carbonyl (C=O) groups excluding carboxylic acids is 6. The summed E-state index contributed by atoms with van der Waals surface area (Å²) in [4.78, 5) is 87.4. The number of amides is 6. The minimum Gasteiger partial charge on any atom is -0.480 e. The largest absolute Gasteiger partial charge is 0.480 e. The van der Waals surface area contributed by atoms with Crippen LogP contribution in [0.2, 0.25) is 0 Å². The summed E-state index contributed by atoms with van der Waals surface area (Å²) in [6, 6.07) is -3.53. The number of hydrogen-bond acceptors (Lipinski definition) is 8. The Balaban J connectivity index is 1.83. The number of nitrogens with one attached hydrogen (secondary N) is 4. The Kier molecular flexibility index (Phi) is 10.8. The van der Waals surface area contributed by atoms with Crippen molar-refractivity contribution in [1.82, 2.24) is 31.1 Å². The first kappa shape index (κ1) is 29.5. The van der Waals surface area contributed by atoms with Gasteiger partial charge in [0.25, 0.3) is 0 Å². The highest BCUT2D eigenvalue weighted by Crippen LogP contribution is 2.18. The van der Waals surface area contributed by atoms with Crippen LogP contribution in [0.5, 0.6) is 0 Å². The maximum Gasteiger partial charge on any atom is 0.322 e. The Bertz CT molecular complexity index is 927. The number of likely N-dealkylation sites (tertiary alicyclic amines) is 2. The van der Waals surface area contributed by atoms with Gasteiger partial charge >= 0.3 is 5.97 Å². The summed E-state index contributed by atoms with van der Waals surface area (Å²) in [5.41, 5.74) is 5.39. The van der Waals surface area contributed by atoms with E-state index in [9.17, 15) is 33.6 Å². The van der Waals surface area contributed by atoms with Gasteiger partial charge in [-0.05, 0) is 39.5 Å². The summed E-state index contributed by atoms with van der Waals surface area (Å²) >= 11 is 0. The lowest BCUT2D eigenvalue weighted by atomic mass is 10.2. The Morgan fingerprint density at radius 1 is 0.784 bits per heavy atom. The van der Waals surface area contributed by atoms with Crippen molar-refractivity contribution in [2.24, 2.45) is 5.73 Å². The van der Waals surface area contributed by atoms with E-state index < -0.39 is 72.8 Å². The maximum atomic E-state index is 12.7. The number of nitrogens with zero attached hydrogens (tertiary/aromatic N) is 2. The van der Waals surface area contributed by atoms with Crippen LogP contribution in [0.1, 0.15) is 39.5 Å². The smallest absolute Gasteiger partial charge is 0.322 e. The lowest BCUT2D eigenvalue weighted by Gasteiger charge is -2.26. The number of aliphatic carboxylic acids is 1. The molecule has 2 fully saturated rings. The van der Waals surface area contributed by atoms with Gasteiger partial charge in [-0.25, -0.2) is 0 Å². The zero-order chi connectivity index (χ0) is 27.7. The fourth-order valence-electron chi connectivity index (χ4n) is 4.28.